The van der Waals surface area contributed by atoms with Gasteiger partial charge in [0.2, 0.25) is 5.91 Å². The quantitative estimate of drug-likeness (QED) is 0.779. The minimum absolute atomic E-state index is 0.146. The number of benzene rings is 1. The number of carbonyl (C=O) groups excluding carboxylic acids is 2. The predicted octanol–water partition coefficient (Wildman–Crippen LogP) is 1.15. The molecule has 4 heteroatoms. The number of hydrogen-bond acceptors (Lipinski definition) is 3. The van der Waals surface area contributed by atoms with Gasteiger partial charge >= 0.3 is 5.97 Å². The molecular formula is C13H17NO3. The first-order valence-electron chi connectivity index (χ1n) is 5.49. The van der Waals surface area contributed by atoms with Crippen molar-refractivity contribution in [3.63, 3.8) is 0 Å². The van der Waals surface area contributed by atoms with Gasteiger partial charge in [-0.15, -0.1) is 0 Å². The summed E-state index contributed by atoms with van der Waals surface area (Å²) in [5.74, 6) is -0.791. The Morgan fingerprint density at radius 2 is 1.94 bits per heavy atom. The maximum Gasteiger partial charge on any atom is 0.310 e. The van der Waals surface area contributed by atoms with Gasteiger partial charge in [-0.3, -0.25) is 9.59 Å². The van der Waals surface area contributed by atoms with Crippen molar-refractivity contribution in [3.05, 3.63) is 35.9 Å². The van der Waals surface area contributed by atoms with Crippen LogP contribution in [-0.2, 0) is 20.7 Å². The molecule has 0 aliphatic heterocycles. The lowest BCUT2D eigenvalue weighted by molar-refractivity contribution is -0.145. The van der Waals surface area contributed by atoms with Crippen LogP contribution >= 0.6 is 0 Å². The van der Waals surface area contributed by atoms with Gasteiger partial charge in [-0.1, -0.05) is 30.3 Å². The Kier molecular flexibility index (Phi) is 5.20. The molecular weight excluding hydrogens is 218 g/mol. The topological polar surface area (TPSA) is 55.4 Å². The smallest absolute Gasteiger partial charge is 0.310 e. The number of esters is 1. The molecule has 0 bridgehead atoms. The first-order valence-corrected chi connectivity index (χ1v) is 5.49. The molecule has 0 spiro atoms. The van der Waals surface area contributed by atoms with E-state index in [0.717, 1.165) is 5.56 Å². The van der Waals surface area contributed by atoms with Crippen LogP contribution in [0.2, 0.25) is 0 Å². The fourth-order valence-corrected chi connectivity index (χ4v) is 1.57. The monoisotopic (exact) mass is 235 g/mol. The summed E-state index contributed by atoms with van der Waals surface area (Å²) >= 11 is 0. The Morgan fingerprint density at radius 1 is 1.29 bits per heavy atom. The largest absolute Gasteiger partial charge is 0.469 e. The van der Waals surface area contributed by atoms with Gasteiger partial charge in [0.15, 0.2) is 0 Å². The zero-order valence-electron chi connectivity index (χ0n) is 10.1. The molecule has 0 aliphatic carbocycles. The van der Waals surface area contributed by atoms with E-state index in [4.69, 9.17) is 4.74 Å². The van der Waals surface area contributed by atoms with Gasteiger partial charge < -0.3 is 10.1 Å². The molecule has 1 N–H and O–H groups in total. The second-order valence-electron chi connectivity index (χ2n) is 3.85. The van der Waals surface area contributed by atoms with Gasteiger partial charge in [0, 0.05) is 13.5 Å². The number of rotatable bonds is 5. The number of nitrogens with one attached hydrogen (secondary N) is 1. The molecule has 4 nitrogen and oxygen atoms in total. The van der Waals surface area contributed by atoms with Gasteiger partial charge in [-0.05, 0) is 12.0 Å². The second kappa shape index (κ2) is 6.68. The van der Waals surface area contributed by atoms with Crippen molar-refractivity contribution in [2.45, 2.75) is 13.3 Å². The minimum Gasteiger partial charge on any atom is -0.469 e. The average molecular weight is 235 g/mol. The van der Waals surface area contributed by atoms with Crippen LogP contribution in [0.5, 0.6) is 0 Å². The molecule has 0 heterocycles. The summed E-state index contributed by atoms with van der Waals surface area (Å²) in [4.78, 5) is 22.4. The number of carbonyl (C=O) groups is 2. The molecule has 1 rings (SSSR count). The lowest BCUT2D eigenvalue weighted by Crippen LogP contribution is -2.33. The average Bonchev–Trinajstić information content (AvgIpc) is 2.34. The van der Waals surface area contributed by atoms with Crippen LogP contribution in [0.1, 0.15) is 12.5 Å². The van der Waals surface area contributed by atoms with Crippen molar-refractivity contribution in [1.82, 2.24) is 5.32 Å². The summed E-state index contributed by atoms with van der Waals surface area (Å²) in [5, 5.41) is 2.64. The Bertz CT molecular complexity index is 376. The molecule has 0 fully saturated rings. The van der Waals surface area contributed by atoms with Crippen molar-refractivity contribution in [2.75, 3.05) is 13.7 Å². The molecule has 1 atom stereocenters. The first kappa shape index (κ1) is 13.2. The highest BCUT2D eigenvalue weighted by atomic mass is 16.5. The van der Waals surface area contributed by atoms with Crippen molar-refractivity contribution >= 4 is 11.9 Å². The van der Waals surface area contributed by atoms with Crippen molar-refractivity contribution < 1.29 is 14.3 Å². The van der Waals surface area contributed by atoms with E-state index in [1.807, 2.05) is 30.3 Å². The van der Waals surface area contributed by atoms with Crippen LogP contribution in [-0.4, -0.2) is 25.5 Å². The minimum atomic E-state index is -0.341. The van der Waals surface area contributed by atoms with E-state index in [-0.39, 0.29) is 17.8 Å². The molecule has 0 unspecified atom stereocenters. The highest BCUT2D eigenvalue weighted by Gasteiger charge is 2.19. The van der Waals surface area contributed by atoms with E-state index in [1.165, 1.54) is 14.0 Å². The summed E-state index contributed by atoms with van der Waals surface area (Å²) in [6.45, 7) is 1.73. The third-order valence-electron chi connectivity index (χ3n) is 2.46. The molecule has 1 amide bonds. The molecule has 0 aromatic heterocycles. The maximum absolute atomic E-state index is 11.6. The van der Waals surface area contributed by atoms with Gasteiger partial charge in [-0.25, -0.2) is 0 Å². The zero-order valence-corrected chi connectivity index (χ0v) is 10.1. The van der Waals surface area contributed by atoms with Crippen LogP contribution in [0.15, 0.2) is 30.3 Å². The lowest BCUT2D eigenvalue weighted by atomic mass is 9.99. The summed E-state index contributed by atoms with van der Waals surface area (Å²) in [6.07, 6.45) is 0.563. The van der Waals surface area contributed by atoms with Gasteiger partial charge in [-0.2, -0.15) is 0 Å². The van der Waals surface area contributed by atoms with Gasteiger partial charge in [0.25, 0.3) is 0 Å². The van der Waals surface area contributed by atoms with E-state index in [2.05, 4.69) is 5.32 Å². The summed E-state index contributed by atoms with van der Waals surface area (Å²) in [7, 11) is 1.36. The van der Waals surface area contributed by atoms with E-state index in [1.54, 1.807) is 0 Å². The highest BCUT2D eigenvalue weighted by Crippen LogP contribution is 2.09. The SMILES string of the molecule is COC(=O)[C@H](CNC(C)=O)Cc1ccccc1. The first-order chi connectivity index (χ1) is 8.13. The molecule has 0 aliphatic rings. The summed E-state index contributed by atoms with van der Waals surface area (Å²) in [5.41, 5.74) is 1.05. The molecule has 0 saturated carbocycles. The van der Waals surface area contributed by atoms with E-state index < -0.39 is 0 Å². The highest BCUT2D eigenvalue weighted by molar-refractivity contribution is 5.76. The lowest BCUT2D eigenvalue weighted by Gasteiger charge is -2.14. The van der Waals surface area contributed by atoms with Crippen LogP contribution in [0, 0.1) is 5.92 Å². The molecule has 0 saturated heterocycles. The van der Waals surface area contributed by atoms with E-state index in [9.17, 15) is 9.59 Å². The number of hydrogen-bond donors (Lipinski definition) is 1. The van der Waals surface area contributed by atoms with Crippen LogP contribution in [0.25, 0.3) is 0 Å². The molecule has 17 heavy (non-hydrogen) atoms. The number of ether oxygens (including phenoxy) is 1. The van der Waals surface area contributed by atoms with E-state index >= 15 is 0 Å². The predicted molar refractivity (Wildman–Crippen MR) is 64.3 cm³/mol. The van der Waals surface area contributed by atoms with Crippen molar-refractivity contribution in [3.8, 4) is 0 Å². The fourth-order valence-electron chi connectivity index (χ4n) is 1.57. The molecule has 92 valence electrons. The van der Waals surface area contributed by atoms with Crippen LogP contribution in [0.4, 0.5) is 0 Å². The van der Waals surface area contributed by atoms with Gasteiger partial charge in [0.05, 0.1) is 13.0 Å². The number of methoxy groups -OCH3 is 1. The zero-order chi connectivity index (χ0) is 12.7. The summed E-state index contributed by atoms with van der Waals surface area (Å²) < 4.78 is 4.73. The molecule has 1 aromatic carbocycles. The summed E-state index contributed by atoms with van der Waals surface area (Å²) in [6, 6.07) is 9.65. The van der Waals surface area contributed by atoms with Crippen LogP contribution < -0.4 is 5.32 Å². The van der Waals surface area contributed by atoms with Gasteiger partial charge in [0.1, 0.15) is 0 Å². The van der Waals surface area contributed by atoms with Crippen molar-refractivity contribution in [2.24, 2.45) is 5.92 Å². The van der Waals surface area contributed by atoms with Crippen LogP contribution in [0.3, 0.4) is 0 Å². The standard InChI is InChI=1S/C13H17NO3/c1-10(15)14-9-12(13(16)17-2)8-11-6-4-3-5-7-11/h3-7,12H,8-9H2,1-2H3,(H,14,15)/t12-/m0/s1. The third kappa shape index (κ3) is 4.68. The second-order valence-corrected chi connectivity index (χ2v) is 3.85. The number of amides is 1. The Balaban J connectivity index is 2.63. The third-order valence-corrected chi connectivity index (χ3v) is 2.46. The fraction of sp³-hybridized carbons (Fsp3) is 0.385. The Hall–Kier alpha value is -1.84. The molecule has 1 aromatic rings. The molecule has 0 radical (unpaired) electrons. The van der Waals surface area contributed by atoms with Crippen molar-refractivity contribution in [1.29, 1.82) is 0 Å². The maximum atomic E-state index is 11.6. The normalized spacial score (nSPS) is 11.6. The Labute approximate surface area is 101 Å². The Morgan fingerprint density at radius 3 is 2.47 bits per heavy atom. The van der Waals surface area contributed by atoms with E-state index in [0.29, 0.717) is 13.0 Å².